The number of guanidine groups is 1. The summed E-state index contributed by atoms with van der Waals surface area (Å²) in [6.07, 6.45) is 2.32. The van der Waals surface area contributed by atoms with Gasteiger partial charge in [0.2, 0.25) is 0 Å². The smallest absolute Gasteiger partial charge is 0.191 e. The van der Waals surface area contributed by atoms with Crippen LogP contribution in [0.1, 0.15) is 32.3 Å². The van der Waals surface area contributed by atoms with Crippen LogP contribution in [0.2, 0.25) is 0 Å². The van der Waals surface area contributed by atoms with Gasteiger partial charge in [-0.25, -0.2) is 8.42 Å². The molecule has 6 nitrogen and oxygen atoms in total. The molecule has 0 atom stereocenters. The van der Waals surface area contributed by atoms with Crippen LogP contribution in [-0.4, -0.2) is 58.7 Å². The Bertz CT molecular complexity index is 715. The molecule has 27 heavy (non-hydrogen) atoms. The lowest BCUT2D eigenvalue weighted by atomic mass is 9.85. The normalized spacial score (nSPS) is 17.7. The Hall–Kier alpha value is -0.870. The van der Waals surface area contributed by atoms with Gasteiger partial charge in [-0.3, -0.25) is 4.99 Å². The van der Waals surface area contributed by atoms with E-state index in [0.717, 1.165) is 0 Å². The lowest BCUT2D eigenvalue weighted by Crippen LogP contribution is -2.54. The van der Waals surface area contributed by atoms with Crippen LogP contribution in [0.5, 0.6) is 0 Å². The number of rotatable bonds is 6. The summed E-state index contributed by atoms with van der Waals surface area (Å²) in [5.41, 5.74) is 1.16. The Balaban J connectivity index is 0.00000364. The number of benzene rings is 1. The summed E-state index contributed by atoms with van der Waals surface area (Å²) in [5, 5.41) is 6.54. The predicted molar refractivity (Wildman–Crippen MR) is 122 cm³/mol. The number of hydrogen-bond acceptors (Lipinski definition) is 4. The third-order valence-corrected chi connectivity index (χ3v) is 7.37. The van der Waals surface area contributed by atoms with Crippen LogP contribution in [0.3, 0.4) is 0 Å². The summed E-state index contributed by atoms with van der Waals surface area (Å²) in [6.45, 7) is 6.30. The van der Waals surface area contributed by atoms with Gasteiger partial charge in [-0.1, -0.05) is 44.2 Å². The van der Waals surface area contributed by atoms with Crippen molar-refractivity contribution >= 4 is 39.8 Å². The molecule has 0 aliphatic carbocycles. The molecule has 1 saturated heterocycles. The zero-order valence-electron chi connectivity index (χ0n) is 16.6. The fourth-order valence-corrected chi connectivity index (χ4v) is 4.43. The van der Waals surface area contributed by atoms with E-state index in [1.807, 2.05) is 18.2 Å². The molecule has 0 aromatic heterocycles. The van der Waals surface area contributed by atoms with Gasteiger partial charge in [-0.05, 0) is 18.4 Å². The van der Waals surface area contributed by atoms with E-state index < -0.39 is 14.6 Å². The van der Waals surface area contributed by atoms with E-state index in [1.165, 1.54) is 11.8 Å². The number of halogens is 1. The summed E-state index contributed by atoms with van der Waals surface area (Å²) in [7, 11) is -1.51. The fraction of sp³-hybridized carbons (Fsp3) is 0.632. The van der Waals surface area contributed by atoms with Gasteiger partial charge in [0.1, 0.15) is 0 Å². The Morgan fingerprint density at radius 2 is 1.78 bits per heavy atom. The third kappa shape index (κ3) is 6.32. The molecule has 2 rings (SSSR count). The first-order chi connectivity index (χ1) is 12.2. The maximum absolute atomic E-state index is 12.4. The van der Waals surface area contributed by atoms with Crippen molar-refractivity contribution in [1.29, 1.82) is 0 Å². The van der Waals surface area contributed by atoms with Crippen LogP contribution in [0.25, 0.3) is 0 Å². The maximum atomic E-state index is 12.4. The second-order valence-corrected chi connectivity index (χ2v) is 10.0. The number of hydrogen-bond donors (Lipinski definition) is 2. The van der Waals surface area contributed by atoms with Gasteiger partial charge in [0.15, 0.2) is 15.8 Å². The monoisotopic (exact) mass is 509 g/mol. The Morgan fingerprint density at radius 3 is 2.30 bits per heavy atom. The molecule has 1 aromatic rings. The summed E-state index contributed by atoms with van der Waals surface area (Å²) in [5.74, 6) is 0.614. The van der Waals surface area contributed by atoms with E-state index >= 15 is 0 Å². The van der Waals surface area contributed by atoms with Crippen LogP contribution in [0.4, 0.5) is 0 Å². The van der Waals surface area contributed by atoms with Crippen molar-refractivity contribution in [3.63, 3.8) is 0 Å². The lowest BCUT2D eigenvalue weighted by molar-refractivity contribution is 0.0756. The highest BCUT2D eigenvalue weighted by atomic mass is 127. The molecule has 0 amide bonds. The molecule has 154 valence electrons. The van der Waals surface area contributed by atoms with Gasteiger partial charge < -0.3 is 15.4 Å². The molecule has 2 N–H and O–H groups in total. The van der Waals surface area contributed by atoms with Gasteiger partial charge in [-0.15, -0.1) is 24.0 Å². The number of nitrogens with zero attached hydrogens (tertiary/aromatic N) is 1. The first kappa shape index (κ1) is 24.2. The molecule has 1 fully saturated rings. The molecule has 1 aromatic carbocycles. The highest BCUT2D eigenvalue weighted by Crippen LogP contribution is 2.28. The van der Waals surface area contributed by atoms with Gasteiger partial charge in [0.05, 0.1) is 4.75 Å². The molecule has 1 heterocycles. The van der Waals surface area contributed by atoms with Crippen LogP contribution < -0.4 is 10.6 Å². The van der Waals surface area contributed by atoms with Crippen molar-refractivity contribution in [1.82, 2.24) is 10.6 Å². The fourth-order valence-electron chi connectivity index (χ4n) is 3.18. The van der Waals surface area contributed by atoms with Crippen molar-refractivity contribution in [2.45, 2.75) is 36.9 Å². The minimum absolute atomic E-state index is 0. The number of sulfone groups is 1. The van der Waals surface area contributed by atoms with E-state index in [9.17, 15) is 8.42 Å². The second kappa shape index (κ2) is 10.1. The Kier molecular flexibility index (Phi) is 9.01. The van der Waals surface area contributed by atoms with Crippen LogP contribution in [-0.2, 0) is 20.0 Å². The van der Waals surface area contributed by atoms with Gasteiger partial charge in [-0.2, -0.15) is 0 Å². The topological polar surface area (TPSA) is 79.8 Å². The van der Waals surface area contributed by atoms with E-state index in [1.54, 1.807) is 7.05 Å². The quantitative estimate of drug-likeness (QED) is 0.350. The largest absolute Gasteiger partial charge is 0.381 e. The summed E-state index contributed by atoms with van der Waals surface area (Å²) < 4.78 is 29.3. The zero-order chi connectivity index (χ0) is 19.3. The van der Waals surface area contributed by atoms with E-state index in [4.69, 9.17) is 4.74 Å². The zero-order valence-corrected chi connectivity index (χ0v) is 19.8. The van der Waals surface area contributed by atoms with Crippen molar-refractivity contribution < 1.29 is 13.2 Å². The molecule has 8 heteroatoms. The Morgan fingerprint density at radius 1 is 1.19 bits per heavy atom. The summed E-state index contributed by atoms with van der Waals surface area (Å²) >= 11 is 0. The van der Waals surface area contributed by atoms with Crippen molar-refractivity contribution in [2.24, 2.45) is 4.99 Å². The standard InChI is InChI=1S/C19H31N3O3S.HI/c1-18(2,16-8-6-5-7-9-16)14-21-17(20-3)22-15-19(26(4,23)24)10-12-25-13-11-19;/h5-9H,10-15H2,1-4H3,(H2,20,21,22);1H. The third-order valence-electron chi connectivity index (χ3n) is 5.25. The van der Waals surface area contributed by atoms with Gasteiger partial charge in [0.25, 0.3) is 0 Å². The van der Waals surface area contributed by atoms with E-state index in [0.29, 0.717) is 45.1 Å². The minimum atomic E-state index is -3.20. The first-order valence-electron chi connectivity index (χ1n) is 8.98. The lowest BCUT2D eigenvalue weighted by Gasteiger charge is -2.36. The number of ether oxygens (including phenoxy) is 1. The first-order valence-corrected chi connectivity index (χ1v) is 10.9. The van der Waals surface area contributed by atoms with Crippen molar-refractivity contribution in [3.8, 4) is 0 Å². The predicted octanol–water partition coefficient (Wildman–Crippen LogP) is 2.34. The van der Waals surface area contributed by atoms with Gasteiger partial charge in [0, 0.05) is 45.0 Å². The minimum Gasteiger partial charge on any atom is -0.381 e. The van der Waals surface area contributed by atoms with Crippen LogP contribution in [0, 0.1) is 0 Å². The molecular weight excluding hydrogens is 477 g/mol. The summed E-state index contributed by atoms with van der Waals surface area (Å²) in [6, 6.07) is 10.3. The molecule has 0 saturated carbocycles. The molecule has 0 radical (unpaired) electrons. The highest BCUT2D eigenvalue weighted by molar-refractivity contribution is 14.0. The van der Waals surface area contributed by atoms with Crippen molar-refractivity contribution in [3.05, 3.63) is 35.9 Å². The maximum Gasteiger partial charge on any atom is 0.191 e. The highest BCUT2D eigenvalue weighted by Gasteiger charge is 2.42. The number of aliphatic imine (C=N–C) groups is 1. The average Bonchev–Trinajstić information content (AvgIpc) is 2.62. The summed E-state index contributed by atoms with van der Waals surface area (Å²) in [4.78, 5) is 4.25. The van der Waals surface area contributed by atoms with E-state index in [-0.39, 0.29) is 29.4 Å². The van der Waals surface area contributed by atoms with Gasteiger partial charge >= 0.3 is 0 Å². The number of nitrogens with one attached hydrogen (secondary N) is 2. The molecular formula is C19H32IN3O3S. The van der Waals surface area contributed by atoms with Crippen molar-refractivity contribution in [2.75, 3.05) is 39.6 Å². The molecule has 0 unspecified atom stereocenters. The molecule has 1 aliphatic heterocycles. The molecule has 0 bridgehead atoms. The Labute approximate surface area is 180 Å². The molecule has 1 aliphatic rings. The SMILES string of the molecule is CN=C(NCC(C)(C)c1ccccc1)NCC1(S(C)(=O)=O)CCOCC1.I. The van der Waals surface area contributed by atoms with E-state index in [2.05, 4.69) is 41.6 Å². The average molecular weight is 509 g/mol. The van der Waals surface area contributed by atoms with Crippen LogP contribution >= 0.6 is 24.0 Å². The molecule has 0 spiro atoms. The van der Waals surface area contributed by atoms with Crippen LogP contribution in [0.15, 0.2) is 35.3 Å². The second-order valence-electron chi connectivity index (χ2n) is 7.60.